The summed E-state index contributed by atoms with van der Waals surface area (Å²) in [5.41, 5.74) is 5.99. The fourth-order valence-electron chi connectivity index (χ4n) is 1.38. The molecule has 2 rings (SSSR count). The summed E-state index contributed by atoms with van der Waals surface area (Å²) >= 11 is 0. The summed E-state index contributed by atoms with van der Waals surface area (Å²) in [6.07, 6.45) is 2.49. The highest BCUT2D eigenvalue weighted by atomic mass is 15.3. The van der Waals surface area contributed by atoms with Gasteiger partial charge in [-0.1, -0.05) is 0 Å². The average molecular weight is 166 g/mol. The van der Waals surface area contributed by atoms with Crippen LogP contribution in [-0.4, -0.2) is 14.8 Å². The van der Waals surface area contributed by atoms with Gasteiger partial charge in [0.2, 0.25) is 0 Å². The van der Waals surface area contributed by atoms with Crippen molar-refractivity contribution in [2.45, 2.75) is 25.8 Å². The van der Waals surface area contributed by atoms with Crippen LogP contribution >= 0.6 is 0 Å². The Balaban J connectivity index is 2.25. The van der Waals surface area contributed by atoms with Gasteiger partial charge in [-0.3, -0.25) is 0 Å². The van der Waals surface area contributed by atoms with Gasteiger partial charge >= 0.3 is 0 Å². The van der Waals surface area contributed by atoms with E-state index >= 15 is 0 Å². The van der Waals surface area contributed by atoms with Gasteiger partial charge in [0.25, 0.3) is 0 Å². The molecule has 2 N–H and O–H groups in total. The minimum atomic E-state index is 0.0937. The fraction of sp³-hybridized carbons (Fsp3) is 0.750. The molecule has 4 nitrogen and oxygen atoms in total. The molecule has 12 heavy (non-hydrogen) atoms. The molecular formula is C8H14N4. The number of nitrogens with two attached hydrogens (primary N) is 1. The van der Waals surface area contributed by atoms with E-state index in [1.165, 1.54) is 12.8 Å². The maximum absolute atomic E-state index is 5.99. The molecular weight excluding hydrogens is 152 g/mol. The monoisotopic (exact) mass is 166 g/mol. The van der Waals surface area contributed by atoms with Crippen molar-refractivity contribution in [1.29, 1.82) is 0 Å². The van der Waals surface area contributed by atoms with Crippen LogP contribution in [0.3, 0.4) is 0 Å². The van der Waals surface area contributed by atoms with Crippen LogP contribution in [0.25, 0.3) is 0 Å². The molecule has 4 heteroatoms. The summed E-state index contributed by atoms with van der Waals surface area (Å²) in [7, 11) is 1.97. The molecule has 0 saturated heterocycles. The fourth-order valence-corrected chi connectivity index (χ4v) is 1.38. The highest BCUT2D eigenvalue weighted by Crippen LogP contribution is 2.38. The number of hydrogen-bond donors (Lipinski definition) is 1. The predicted molar refractivity (Wildman–Crippen MR) is 45.4 cm³/mol. The molecule has 1 aromatic heterocycles. The Morgan fingerprint density at radius 3 is 2.58 bits per heavy atom. The van der Waals surface area contributed by atoms with Gasteiger partial charge in [-0.25, -0.2) is 0 Å². The molecule has 1 unspecified atom stereocenters. The molecule has 1 aliphatic carbocycles. The van der Waals surface area contributed by atoms with Crippen molar-refractivity contribution < 1.29 is 0 Å². The van der Waals surface area contributed by atoms with Gasteiger partial charge in [-0.05, 0) is 25.7 Å². The van der Waals surface area contributed by atoms with Crippen LogP contribution in [0.15, 0.2) is 0 Å². The molecule has 1 saturated carbocycles. The third-order valence-electron chi connectivity index (χ3n) is 2.55. The van der Waals surface area contributed by atoms with Crippen LogP contribution < -0.4 is 5.73 Å². The lowest BCUT2D eigenvalue weighted by molar-refractivity contribution is 0.566. The van der Waals surface area contributed by atoms with Crippen molar-refractivity contribution in [3.8, 4) is 0 Å². The summed E-state index contributed by atoms with van der Waals surface area (Å²) in [5.74, 6) is 2.50. The summed E-state index contributed by atoms with van der Waals surface area (Å²) in [6, 6.07) is 0.0937. The first-order valence-electron chi connectivity index (χ1n) is 4.31. The summed E-state index contributed by atoms with van der Waals surface area (Å²) in [4.78, 5) is 0. The van der Waals surface area contributed by atoms with Gasteiger partial charge in [0, 0.05) is 7.05 Å². The standard InChI is InChI=1S/C8H14N4/c1-5-10-11-8(12(5)2)7(9)6-3-4-6/h6-7H,3-4,9H2,1-2H3. The van der Waals surface area contributed by atoms with Crippen molar-refractivity contribution in [1.82, 2.24) is 14.8 Å². The largest absolute Gasteiger partial charge is 0.321 e. The van der Waals surface area contributed by atoms with Crippen LogP contribution in [-0.2, 0) is 7.05 Å². The third kappa shape index (κ3) is 1.12. The summed E-state index contributed by atoms with van der Waals surface area (Å²) < 4.78 is 1.98. The quantitative estimate of drug-likeness (QED) is 0.697. The van der Waals surface area contributed by atoms with Crippen LogP contribution in [0.2, 0.25) is 0 Å². The van der Waals surface area contributed by atoms with E-state index in [-0.39, 0.29) is 6.04 Å². The minimum Gasteiger partial charge on any atom is -0.321 e. The number of hydrogen-bond acceptors (Lipinski definition) is 3. The average Bonchev–Trinajstić information content (AvgIpc) is 2.82. The van der Waals surface area contributed by atoms with Crippen molar-refractivity contribution >= 4 is 0 Å². The van der Waals surface area contributed by atoms with Crippen molar-refractivity contribution in [3.05, 3.63) is 11.6 Å². The van der Waals surface area contributed by atoms with Crippen LogP contribution in [0.4, 0.5) is 0 Å². The van der Waals surface area contributed by atoms with Crippen molar-refractivity contribution in [3.63, 3.8) is 0 Å². The number of aromatic nitrogens is 3. The summed E-state index contributed by atoms with van der Waals surface area (Å²) in [5, 5.41) is 8.04. The Labute approximate surface area is 71.8 Å². The van der Waals surface area contributed by atoms with Gasteiger partial charge in [0.15, 0.2) is 0 Å². The van der Waals surface area contributed by atoms with E-state index < -0.39 is 0 Å². The zero-order chi connectivity index (χ0) is 8.72. The lowest BCUT2D eigenvalue weighted by atomic mass is 10.2. The van der Waals surface area contributed by atoms with Crippen LogP contribution in [0.1, 0.15) is 30.5 Å². The Kier molecular flexibility index (Phi) is 1.65. The van der Waals surface area contributed by atoms with E-state index in [2.05, 4.69) is 10.2 Å². The minimum absolute atomic E-state index is 0.0937. The molecule has 0 aliphatic heterocycles. The van der Waals surface area contributed by atoms with Crippen LogP contribution in [0.5, 0.6) is 0 Å². The van der Waals surface area contributed by atoms with Crippen molar-refractivity contribution in [2.75, 3.05) is 0 Å². The second-order valence-corrected chi connectivity index (χ2v) is 3.53. The number of aryl methyl sites for hydroxylation is 1. The molecule has 1 aliphatic rings. The van der Waals surface area contributed by atoms with E-state index in [9.17, 15) is 0 Å². The Hall–Kier alpha value is -0.900. The Morgan fingerprint density at radius 2 is 2.17 bits per heavy atom. The first-order chi connectivity index (χ1) is 5.70. The number of rotatable bonds is 2. The van der Waals surface area contributed by atoms with Crippen molar-refractivity contribution in [2.24, 2.45) is 18.7 Å². The first-order valence-corrected chi connectivity index (χ1v) is 4.31. The van der Waals surface area contributed by atoms with E-state index in [1.807, 2.05) is 18.5 Å². The normalized spacial score (nSPS) is 19.6. The Bertz CT molecular complexity index is 287. The molecule has 0 bridgehead atoms. The third-order valence-corrected chi connectivity index (χ3v) is 2.55. The molecule has 66 valence electrons. The van der Waals surface area contributed by atoms with Gasteiger partial charge in [0.1, 0.15) is 11.6 Å². The van der Waals surface area contributed by atoms with E-state index in [1.54, 1.807) is 0 Å². The maximum Gasteiger partial charge on any atom is 0.149 e. The molecule has 1 aromatic rings. The highest BCUT2D eigenvalue weighted by Gasteiger charge is 2.32. The lowest BCUT2D eigenvalue weighted by Crippen LogP contribution is -2.17. The maximum atomic E-state index is 5.99. The van der Waals surface area contributed by atoms with E-state index in [0.29, 0.717) is 5.92 Å². The van der Waals surface area contributed by atoms with Gasteiger partial charge in [-0.2, -0.15) is 0 Å². The molecule has 0 amide bonds. The predicted octanol–water partition coefficient (Wildman–Crippen LogP) is 0.533. The molecule has 0 radical (unpaired) electrons. The second kappa shape index (κ2) is 2.55. The van der Waals surface area contributed by atoms with E-state index in [0.717, 1.165) is 11.6 Å². The SMILES string of the molecule is Cc1nnc(C(N)C2CC2)n1C. The molecule has 1 heterocycles. The zero-order valence-corrected chi connectivity index (χ0v) is 7.49. The lowest BCUT2D eigenvalue weighted by Gasteiger charge is -2.08. The molecule has 1 atom stereocenters. The molecule has 0 aromatic carbocycles. The first kappa shape index (κ1) is 7.73. The number of nitrogens with zero attached hydrogens (tertiary/aromatic N) is 3. The van der Waals surface area contributed by atoms with Gasteiger partial charge in [0.05, 0.1) is 6.04 Å². The van der Waals surface area contributed by atoms with Crippen LogP contribution in [0, 0.1) is 12.8 Å². The molecule has 0 spiro atoms. The Morgan fingerprint density at radius 1 is 1.50 bits per heavy atom. The summed E-state index contributed by atoms with van der Waals surface area (Å²) in [6.45, 7) is 1.94. The van der Waals surface area contributed by atoms with Gasteiger partial charge in [-0.15, -0.1) is 10.2 Å². The zero-order valence-electron chi connectivity index (χ0n) is 7.49. The van der Waals surface area contributed by atoms with E-state index in [4.69, 9.17) is 5.73 Å². The molecule has 1 fully saturated rings. The smallest absolute Gasteiger partial charge is 0.149 e. The second-order valence-electron chi connectivity index (χ2n) is 3.53. The van der Waals surface area contributed by atoms with Gasteiger partial charge < -0.3 is 10.3 Å². The highest BCUT2D eigenvalue weighted by molar-refractivity contribution is 5.03. The topological polar surface area (TPSA) is 56.7 Å².